The lowest BCUT2D eigenvalue weighted by Crippen LogP contribution is -2.30. The highest BCUT2D eigenvalue weighted by Crippen LogP contribution is 2.35. The van der Waals surface area contributed by atoms with Gasteiger partial charge in [0.05, 0.1) is 13.7 Å². The van der Waals surface area contributed by atoms with Crippen molar-refractivity contribution in [1.29, 1.82) is 0 Å². The fourth-order valence-corrected chi connectivity index (χ4v) is 4.09. The van der Waals surface area contributed by atoms with Gasteiger partial charge in [-0.2, -0.15) is 0 Å². The summed E-state index contributed by atoms with van der Waals surface area (Å²) >= 11 is 3.48. The molecule has 1 heterocycles. The molecule has 1 aliphatic heterocycles. The molecule has 0 unspecified atom stereocenters. The normalized spacial score (nSPS) is 14.1. The SMILES string of the molecule is COc1cc(/C=C2/NC(=O)N(Cc3ccc(C)cc3)C2=O)c(Br)cc1OCC(=O)Nc1ccc(C)cc1. The lowest BCUT2D eigenvalue weighted by molar-refractivity contribution is -0.123. The fraction of sp³-hybridized carbons (Fsp3) is 0.179. The predicted octanol–water partition coefficient (Wildman–Crippen LogP) is 5.18. The second-order valence-electron chi connectivity index (χ2n) is 8.59. The molecule has 9 heteroatoms. The summed E-state index contributed by atoms with van der Waals surface area (Å²) in [7, 11) is 1.48. The third-order valence-electron chi connectivity index (χ3n) is 5.70. The van der Waals surface area contributed by atoms with E-state index in [0.717, 1.165) is 21.6 Å². The molecule has 2 N–H and O–H groups in total. The van der Waals surface area contributed by atoms with Gasteiger partial charge in [-0.05, 0) is 55.3 Å². The quantitative estimate of drug-likeness (QED) is 0.290. The maximum Gasteiger partial charge on any atom is 0.329 e. The first-order valence-corrected chi connectivity index (χ1v) is 12.3. The van der Waals surface area contributed by atoms with Crippen LogP contribution >= 0.6 is 15.9 Å². The van der Waals surface area contributed by atoms with Crippen molar-refractivity contribution in [2.24, 2.45) is 0 Å². The first-order chi connectivity index (χ1) is 17.7. The third kappa shape index (κ3) is 6.37. The standard InChI is InChI=1S/C28H26BrN3O5/c1-17-4-8-19(9-5-17)15-32-27(34)23(31-28(32)35)12-20-13-24(36-3)25(14-22(20)29)37-16-26(33)30-21-10-6-18(2)7-11-21/h4-14H,15-16H2,1-3H3,(H,30,33)(H,31,35)/b23-12+. The van der Waals surface area contributed by atoms with Crippen molar-refractivity contribution < 1.29 is 23.9 Å². The zero-order valence-electron chi connectivity index (χ0n) is 20.6. The van der Waals surface area contributed by atoms with Gasteiger partial charge in [-0.15, -0.1) is 0 Å². The van der Waals surface area contributed by atoms with Gasteiger partial charge in [0, 0.05) is 10.2 Å². The minimum atomic E-state index is -0.487. The van der Waals surface area contributed by atoms with Crippen LogP contribution < -0.4 is 20.1 Å². The molecule has 0 saturated carbocycles. The molecule has 0 bridgehead atoms. The minimum Gasteiger partial charge on any atom is -0.493 e. The topological polar surface area (TPSA) is 97.0 Å². The molecule has 37 heavy (non-hydrogen) atoms. The molecule has 0 aliphatic carbocycles. The number of nitrogens with zero attached hydrogens (tertiary/aromatic N) is 1. The number of carbonyl (C=O) groups excluding carboxylic acids is 3. The van der Waals surface area contributed by atoms with Crippen LogP contribution in [0.2, 0.25) is 0 Å². The van der Waals surface area contributed by atoms with Crippen LogP contribution in [0.25, 0.3) is 6.08 Å². The van der Waals surface area contributed by atoms with Crippen LogP contribution in [-0.4, -0.2) is 36.5 Å². The van der Waals surface area contributed by atoms with Crippen LogP contribution in [0.3, 0.4) is 0 Å². The number of hydrogen-bond acceptors (Lipinski definition) is 5. The van der Waals surface area contributed by atoms with Gasteiger partial charge < -0.3 is 20.1 Å². The Balaban J connectivity index is 1.46. The number of imide groups is 1. The van der Waals surface area contributed by atoms with Crippen molar-refractivity contribution in [2.75, 3.05) is 19.0 Å². The molecule has 0 radical (unpaired) electrons. The minimum absolute atomic E-state index is 0.144. The van der Waals surface area contributed by atoms with Gasteiger partial charge in [0.2, 0.25) is 0 Å². The lowest BCUT2D eigenvalue weighted by Gasteiger charge is -2.13. The molecule has 190 valence electrons. The van der Waals surface area contributed by atoms with E-state index in [1.807, 2.05) is 62.4 Å². The maximum atomic E-state index is 12.9. The van der Waals surface area contributed by atoms with Crippen LogP contribution in [-0.2, 0) is 16.1 Å². The summed E-state index contributed by atoms with van der Waals surface area (Å²) in [6.45, 7) is 3.89. The Labute approximate surface area is 223 Å². The van der Waals surface area contributed by atoms with Crippen LogP contribution in [0.4, 0.5) is 10.5 Å². The number of rotatable bonds is 8. The molecular weight excluding hydrogens is 538 g/mol. The Morgan fingerprint density at radius 2 is 1.65 bits per heavy atom. The Bertz CT molecular complexity index is 1370. The molecule has 0 atom stereocenters. The molecule has 0 aromatic heterocycles. The van der Waals surface area contributed by atoms with Gasteiger partial charge in [0.1, 0.15) is 5.70 Å². The number of benzene rings is 3. The van der Waals surface area contributed by atoms with Crippen molar-refractivity contribution in [2.45, 2.75) is 20.4 Å². The summed E-state index contributed by atoms with van der Waals surface area (Å²) in [6.07, 6.45) is 1.57. The zero-order valence-corrected chi connectivity index (χ0v) is 22.2. The summed E-state index contributed by atoms with van der Waals surface area (Å²) in [5, 5.41) is 5.41. The molecule has 4 amide bonds. The molecule has 3 aromatic carbocycles. The zero-order chi connectivity index (χ0) is 26.5. The number of anilines is 1. The van der Waals surface area contributed by atoms with E-state index in [1.165, 1.54) is 7.11 Å². The number of urea groups is 1. The summed E-state index contributed by atoms with van der Waals surface area (Å²) in [5.74, 6) is -0.0319. The fourth-order valence-electron chi connectivity index (χ4n) is 3.66. The summed E-state index contributed by atoms with van der Waals surface area (Å²) in [4.78, 5) is 38.9. The van der Waals surface area contributed by atoms with Gasteiger partial charge in [0.25, 0.3) is 11.8 Å². The van der Waals surface area contributed by atoms with Gasteiger partial charge in [-0.3, -0.25) is 14.5 Å². The Morgan fingerprint density at radius 3 is 2.30 bits per heavy atom. The largest absolute Gasteiger partial charge is 0.493 e. The van der Waals surface area contributed by atoms with Crippen LogP contribution in [0, 0.1) is 13.8 Å². The Hall–Kier alpha value is -4.11. The average molecular weight is 564 g/mol. The first-order valence-electron chi connectivity index (χ1n) is 11.5. The Morgan fingerprint density at radius 1 is 1.00 bits per heavy atom. The van der Waals surface area contributed by atoms with E-state index in [4.69, 9.17) is 9.47 Å². The van der Waals surface area contributed by atoms with E-state index in [0.29, 0.717) is 27.2 Å². The van der Waals surface area contributed by atoms with Crippen LogP contribution in [0.5, 0.6) is 11.5 Å². The van der Waals surface area contributed by atoms with E-state index >= 15 is 0 Å². The molecular formula is C28H26BrN3O5. The van der Waals surface area contributed by atoms with E-state index in [9.17, 15) is 14.4 Å². The van der Waals surface area contributed by atoms with Crippen molar-refractivity contribution in [3.63, 3.8) is 0 Å². The number of carbonyl (C=O) groups is 3. The number of halogens is 1. The second kappa shape index (κ2) is 11.3. The van der Waals surface area contributed by atoms with E-state index in [-0.39, 0.29) is 24.8 Å². The molecule has 8 nitrogen and oxygen atoms in total. The average Bonchev–Trinajstić information content (AvgIpc) is 3.14. The van der Waals surface area contributed by atoms with E-state index < -0.39 is 11.9 Å². The van der Waals surface area contributed by atoms with Gasteiger partial charge >= 0.3 is 6.03 Å². The van der Waals surface area contributed by atoms with E-state index in [1.54, 1.807) is 18.2 Å². The number of amides is 4. The van der Waals surface area contributed by atoms with Crippen LogP contribution in [0.1, 0.15) is 22.3 Å². The molecule has 1 aliphatic rings. The Kier molecular flexibility index (Phi) is 7.93. The smallest absolute Gasteiger partial charge is 0.329 e. The van der Waals surface area contributed by atoms with Gasteiger partial charge in [-0.25, -0.2) is 4.79 Å². The molecule has 1 saturated heterocycles. The maximum absolute atomic E-state index is 12.9. The van der Waals surface area contributed by atoms with Crippen molar-refractivity contribution in [3.05, 3.63) is 93.1 Å². The summed E-state index contributed by atoms with van der Waals surface area (Å²) < 4.78 is 11.7. The first kappa shape index (κ1) is 26.0. The molecule has 0 spiro atoms. The van der Waals surface area contributed by atoms with Crippen LogP contribution in [0.15, 0.2) is 70.8 Å². The highest BCUT2D eigenvalue weighted by Gasteiger charge is 2.33. The molecule has 4 rings (SSSR count). The number of aryl methyl sites for hydroxylation is 2. The van der Waals surface area contributed by atoms with Gasteiger partial charge in [-0.1, -0.05) is 63.5 Å². The lowest BCUT2D eigenvalue weighted by atomic mass is 10.1. The van der Waals surface area contributed by atoms with Crippen molar-refractivity contribution >= 4 is 45.5 Å². The number of ether oxygens (including phenoxy) is 2. The number of nitrogens with one attached hydrogen (secondary N) is 2. The molecule has 1 fully saturated rings. The number of methoxy groups -OCH3 is 1. The monoisotopic (exact) mass is 563 g/mol. The highest BCUT2D eigenvalue weighted by atomic mass is 79.9. The third-order valence-corrected chi connectivity index (χ3v) is 6.39. The van der Waals surface area contributed by atoms with Crippen molar-refractivity contribution in [3.8, 4) is 11.5 Å². The van der Waals surface area contributed by atoms with Gasteiger partial charge in [0.15, 0.2) is 18.1 Å². The highest BCUT2D eigenvalue weighted by molar-refractivity contribution is 9.10. The summed E-state index contributed by atoms with van der Waals surface area (Å²) in [6, 6.07) is 17.9. The summed E-state index contributed by atoms with van der Waals surface area (Å²) in [5.41, 5.74) is 4.46. The van der Waals surface area contributed by atoms with E-state index in [2.05, 4.69) is 26.6 Å². The van der Waals surface area contributed by atoms with Crippen molar-refractivity contribution in [1.82, 2.24) is 10.2 Å². The molecule has 3 aromatic rings. The second-order valence-corrected chi connectivity index (χ2v) is 9.45. The predicted molar refractivity (Wildman–Crippen MR) is 144 cm³/mol. The number of hydrogen-bond donors (Lipinski definition) is 2.